The Bertz CT molecular complexity index is 1290. The van der Waals surface area contributed by atoms with E-state index in [4.69, 9.17) is 5.73 Å². The van der Waals surface area contributed by atoms with Crippen LogP contribution in [0.2, 0.25) is 0 Å². The van der Waals surface area contributed by atoms with E-state index in [0.29, 0.717) is 31.5 Å². The van der Waals surface area contributed by atoms with Gasteiger partial charge in [-0.1, -0.05) is 6.07 Å². The zero-order valence-electron chi connectivity index (χ0n) is 19.3. The lowest BCUT2D eigenvalue weighted by molar-refractivity contribution is 0.00186. The van der Waals surface area contributed by atoms with E-state index in [1.54, 1.807) is 31.5 Å². The Labute approximate surface area is 199 Å². The van der Waals surface area contributed by atoms with Gasteiger partial charge in [0, 0.05) is 29.1 Å². The van der Waals surface area contributed by atoms with Crippen molar-refractivity contribution >= 4 is 27.2 Å². The minimum Gasteiger partial charge on any atom is -0.390 e. The first-order valence-electron chi connectivity index (χ1n) is 10.9. The summed E-state index contributed by atoms with van der Waals surface area (Å²) < 4.78 is 29.5. The van der Waals surface area contributed by atoms with Gasteiger partial charge in [-0.25, -0.2) is 23.1 Å². The van der Waals surface area contributed by atoms with Crippen molar-refractivity contribution in [3.63, 3.8) is 0 Å². The van der Waals surface area contributed by atoms with Gasteiger partial charge in [-0.15, -0.1) is 11.3 Å². The number of thiazole rings is 1. The van der Waals surface area contributed by atoms with Crippen LogP contribution in [0.1, 0.15) is 50.1 Å². The SMILES string of the molecule is Cc1ncc(-c2cc(-c3cc(S(=O)(=O)NC4(C)CCC(C)(O)CC4)ccc3C)cnc2N)s1. The third kappa shape index (κ3) is 5.11. The van der Waals surface area contributed by atoms with E-state index in [1.165, 1.54) is 11.3 Å². The predicted molar refractivity (Wildman–Crippen MR) is 132 cm³/mol. The van der Waals surface area contributed by atoms with Crippen LogP contribution in [0.5, 0.6) is 0 Å². The molecule has 1 fully saturated rings. The normalized spacial score (nSPS) is 23.5. The fourth-order valence-corrected chi connectivity index (χ4v) is 6.50. The molecule has 7 nitrogen and oxygen atoms in total. The van der Waals surface area contributed by atoms with Crippen LogP contribution in [0.4, 0.5) is 5.82 Å². The molecular weight excluding hydrogens is 456 g/mol. The number of hydrogen-bond donors (Lipinski definition) is 3. The van der Waals surface area contributed by atoms with Gasteiger partial charge in [0.2, 0.25) is 10.0 Å². The monoisotopic (exact) mass is 486 g/mol. The number of nitrogens with zero attached hydrogens (tertiary/aromatic N) is 2. The number of benzene rings is 1. The van der Waals surface area contributed by atoms with Gasteiger partial charge in [0.05, 0.1) is 20.4 Å². The predicted octanol–water partition coefficient (Wildman–Crippen LogP) is 4.43. The number of hydrogen-bond acceptors (Lipinski definition) is 7. The van der Waals surface area contributed by atoms with Gasteiger partial charge in [-0.05, 0) is 82.7 Å². The molecule has 2 aromatic heterocycles. The number of sulfonamides is 1. The number of aliphatic hydroxyl groups is 1. The molecule has 0 saturated heterocycles. The van der Waals surface area contributed by atoms with Gasteiger partial charge in [-0.3, -0.25) is 0 Å². The van der Waals surface area contributed by atoms with Crippen LogP contribution in [0.3, 0.4) is 0 Å². The van der Waals surface area contributed by atoms with Crippen LogP contribution in [-0.2, 0) is 10.0 Å². The first kappa shape index (κ1) is 23.8. The molecular formula is C24H30N4O3S2. The quantitative estimate of drug-likeness (QED) is 0.491. The molecule has 1 saturated carbocycles. The van der Waals surface area contributed by atoms with Crippen LogP contribution in [-0.4, -0.2) is 34.6 Å². The Morgan fingerprint density at radius 3 is 2.36 bits per heavy atom. The number of aryl methyl sites for hydroxylation is 2. The van der Waals surface area contributed by atoms with Gasteiger partial charge in [0.15, 0.2) is 0 Å². The zero-order valence-corrected chi connectivity index (χ0v) is 21.0. The molecule has 9 heteroatoms. The molecule has 0 radical (unpaired) electrons. The highest BCUT2D eigenvalue weighted by atomic mass is 32.2. The molecule has 4 N–H and O–H groups in total. The van der Waals surface area contributed by atoms with Crippen LogP contribution < -0.4 is 10.5 Å². The standard InChI is InChI=1S/C24H30N4O3S2/c1-15-5-6-18(33(30,31)28-23(3)7-9-24(4,29)10-8-23)12-19(15)17-11-20(22(25)27-13-17)21-14-26-16(2)32-21/h5-6,11-14,28-29H,7-10H2,1-4H3,(H2,25,27). The van der Waals surface area contributed by atoms with E-state index in [9.17, 15) is 13.5 Å². The van der Waals surface area contributed by atoms with E-state index >= 15 is 0 Å². The summed E-state index contributed by atoms with van der Waals surface area (Å²) in [5, 5.41) is 11.2. The van der Waals surface area contributed by atoms with Gasteiger partial charge in [0.1, 0.15) is 5.82 Å². The maximum absolute atomic E-state index is 13.3. The maximum atomic E-state index is 13.3. The lowest BCUT2D eigenvalue weighted by Crippen LogP contribution is -2.51. The molecule has 0 unspecified atom stereocenters. The van der Waals surface area contributed by atoms with Crippen molar-refractivity contribution in [2.45, 2.75) is 69.4 Å². The molecule has 0 bridgehead atoms. The summed E-state index contributed by atoms with van der Waals surface area (Å²) in [7, 11) is -3.75. The number of nitrogens with one attached hydrogen (secondary N) is 1. The smallest absolute Gasteiger partial charge is 0.241 e. The summed E-state index contributed by atoms with van der Waals surface area (Å²) in [5.74, 6) is 0.409. The Morgan fingerprint density at radius 1 is 1.03 bits per heavy atom. The first-order valence-corrected chi connectivity index (χ1v) is 13.2. The van der Waals surface area contributed by atoms with Crippen molar-refractivity contribution in [3.05, 3.63) is 47.2 Å². The number of nitrogens with two attached hydrogens (primary N) is 1. The molecule has 33 heavy (non-hydrogen) atoms. The van der Waals surface area contributed by atoms with Crippen molar-refractivity contribution in [1.82, 2.24) is 14.7 Å². The van der Waals surface area contributed by atoms with E-state index in [2.05, 4.69) is 14.7 Å². The van der Waals surface area contributed by atoms with Crippen LogP contribution >= 0.6 is 11.3 Å². The van der Waals surface area contributed by atoms with E-state index in [-0.39, 0.29) is 4.90 Å². The Morgan fingerprint density at radius 2 is 1.73 bits per heavy atom. The lowest BCUT2D eigenvalue weighted by atomic mass is 9.76. The molecule has 176 valence electrons. The largest absolute Gasteiger partial charge is 0.390 e. The minimum atomic E-state index is -3.75. The van der Waals surface area contributed by atoms with Crippen molar-refractivity contribution in [2.75, 3.05) is 5.73 Å². The lowest BCUT2D eigenvalue weighted by Gasteiger charge is -2.40. The third-order valence-corrected chi connectivity index (χ3v) is 9.03. The highest BCUT2D eigenvalue weighted by Crippen LogP contribution is 2.37. The summed E-state index contributed by atoms with van der Waals surface area (Å²) in [6, 6.07) is 7.06. The summed E-state index contributed by atoms with van der Waals surface area (Å²) in [6.45, 7) is 7.58. The van der Waals surface area contributed by atoms with Crippen molar-refractivity contribution < 1.29 is 13.5 Å². The molecule has 3 aromatic rings. The van der Waals surface area contributed by atoms with Gasteiger partial charge >= 0.3 is 0 Å². The summed E-state index contributed by atoms with van der Waals surface area (Å²) in [4.78, 5) is 9.79. The van der Waals surface area contributed by atoms with Crippen molar-refractivity contribution in [3.8, 4) is 21.6 Å². The molecule has 0 aliphatic heterocycles. The van der Waals surface area contributed by atoms with Gasteiger partial charge in [0.25, 0.3) is 0 Å². The summed E-state index contributed by atoms with van der Waals surface area (Å²) >= 11 is 1.53. The third-order valence-electron chi connectivity index (χ3n) is 6.45. The van der Waals surface area contributed by atoms with Crippen molar-refractivity contribution in [2.24, 2.45) is 0 Å². The minimum absolute atomic E-state index is 0.202. The molecule has 0 spiro atoms. The van der Waals surface area contributed by atoms with Crippen LogP contribution in [0.15, 0.2) is 41.6 Å². The summed E-state index contributed by atoms with van der Waals surface area (Å²) in [5.41, 5.74) is 8.09. The Kier molecular flexibility index (Phi) is 6.11. The maximum Gasteiger partial charge on any atom is 0.241 e. The molecule has 0 atom stereocenters. The second kappa shape index (κ2) is 8.47. The molecule has 2 heterocycles. The fraction of sp³-hybridized carbons (Fsp3) is 0.417. The number of rotatable bonds is 5. The highest BCUT2D eigenvalue weighted by molar-refractivity contribution is 7.89. The first-order chi connectivity index (χ1) is 15.4. The number of aromatic nitrogens is 2. The van der Waals surface area contributed by atoms with Gasteiger partial charge in [-0.2, -0.15) is 0 Å². The second-order valence-corrected chi connectivity index (χ2v) is 12.5. The Hall–Kier alpha value is -2.33. The summed E-state index contributed by atoms with van der Waals surface area (Å²) in [6.07, 6.45) is 5.72. The van der Waals surface area contributed by atoms with Gasteiger partial charge < -0.3 is 10.8 Å². The molecule has 1 aromatic carbocycles. The van der Waals surface area contributed by atoms with Crippen molar-refractivity contribution in [1.29, 1.82) is 0 Å². The number of nitrogen functional groups attached to an aromatic ring is 1. The van der Waals surface area contributed by atoms with E-state index < -0.39 is 21.2 Å². The average molecular weight is 487 g/mol. The van der Waals surface area contributed by atoms with E-state index in [1.807, 2.05) is 32.9 Å². The molecule has 1 aliphatic carbocycles. The highest BCUT2D eigenvalue weighted by Gasteiger charge is 2.39. The molecule has 0 amide bonds. The number of anilines is 1. The fourth-order valence-electron chi connectivity index (χ4n) is 4.21. The average Bonchev–Trinajstić information content (AvgIpc) is 3.17. The Balaban J connectivity index is 1.67. The van der Waals surface area contributed by atoms with Crippen LogP contribution in [0, 0.1) is 13.8 Å². The number of pyridine rings is 1. The van der Waals surface area contributed by atoms with Crippen LogP contribution in [0.25, 0.3) is 21.6 Å². The molecule has 1 aliphatic rings. The zero-order chi connectivity index (χ0) is 24.0. The topological polar surface area (TPSA) is 118 Å². The van der Waals surface area contributed by atoms with E-state index in [0.717, 1.165) is 32.1 Å². The second-order valence-electron chi connectivity index (χ2n) is 9.54. The molecule has 4 rings (SSSR count).